The molecule has 0 unspecified atom stereocenters. The predicted molar refractivity (Wildman–Crippen MR) is 95.6 cm³/mol. The van der Waals surface area contributed by atoms with E-state index in [0.29, 0.717) is 6.54 Å². The van der Waals surface area contributed by atoms with Crippen LogP contribution in [0.1, 0.15) is 18.1 Å². The first kappa shape index (κ1) is 18.8. The molecule has 2 N–H and O–H groups in total. The maximum Gasteiger partial charge on any atom is 0.416 e. The summed E-state index contributed by atoms with van der Waals surface area (Å²) in [4.78, 5) is 26.3. The highest BCUT2D eigenvalue weighted by Gasteiger charge is 2.31. The number of para-hydroxylation sites is 1. The third-order valence-corrected chi connectivity index (χ3v) is 4.32. The Morgan fingerprint density at radius 3 is 2.59 bits per heavy atom. The molecule has 0 saturated heterocycles. The third-order valence-electron chi connectivity index (χ3n) is 4.32. The largest absolute Gasteiger partial charge is 0.416 e. The fourth-order valence-electron chi connectivity index (χ4n) is 3.00. The van der Waals surface area contributed by atoms with Crippen molar-refractivity contribution in [3.8, 4) is 0 Å². The van der Waals surface area contributed by atoms with E-state index in [1.165, 1.54) is 19.1 Å². The predicted octanol–water partition coefficient (Wildman–Crippen LogP) is 3.80. The van der Waals surface area contributed by atoms with Crippen molar-refractivity contribution in [1.29, 1.82) is 0 Å². The van der Waals surface area contributed by atoms with Gasteiger partial charge in [-0.05, 0) is 43.2 Å². The summed E-state index contributed by atoms with van der Waals surface area (Å²) < 4.78 is 38.2. The summed E-state index contributed by atoms with van der Waals surface area (Å²) in [6.07, 6.45) is -3.76. The number of fused-ring (bicyclic) bond motifs is 1. The number of alkyl halides is 3. The Balaban J connectivity index is 1.62. The van der Waals surface area contributed by atoms with Crippen molar-refractivity contribution in [3.63, 3.8) is 0 Å². The summed E-state index contributed by atoms with van der Waals surface area (Å²) in [5.41, 5.74) is 1.01. The average molecular weight is 377 g/mol. The van der Waals surface area contributed by atoms with Gasteiger partial charge in [-0.1, -0.05) is 24.3 Å². The lowest BCUT2D eigenvalue weighted by Crippen LogP contribution is -2.47. The van der Waals surface area contributed by atoms with Crippen molar-refractivity contribution in [2.75, 3.05) is 16.8 Å². The van der Waals surface area contributed by atoms with Crippen LogP contribution in [0.15, 0.2) is 48.5 Å². The van der Waals surface area contributed by atoms with Gasteiger partial charge in [0.1, 0.15) is 6.04 Å². The van der Waals surface area contributed by atoms with Crippen molar-refractivity contribution in [2.24, 2.45) is 0 Å². The quantitative estimate of drug-likeness (QED) is 0.855. The highest BCUT2D eigenvalue weighted by Crippen LogP contribution is 2.31. The van der Waals surface area contributed by atoms with E-state index in [9.17, 15) is 22.8 Å². The minimum Gasteiger partial charge on any atom is -0.326 e. The highest BCUT2D eigenvalue weighted by atomic mass is 19.4. The number of rotatable bonds is 3. The molecule has 3 amide bonds. The molecular formula is C19H18F3N3O2. The molecule has 142 valence electrons. The summed E-state index contributed by atoms with van der Waals surface area (Å²) >= 11 is 0. The molecule has 27 heavy (non-hydrogen) atoms. The third kappa shape index (κ3) is 4.21. The van der Waals surface area contributed by atoms with Crippen molar-refractivity contribution in [3.05, 3.63) is 59.7 Å². The van der Waals surface area contributed by atoms with Gasteiger partial charge < -0.3 is 15.5 Å². The maximum atomic E-state index is 12.7. The molecule has 1 heterocycles. The van der Waals surface area contributed by atoms with Crippen LogP contribution in [0.3, 0.4) is 0 Å². The number of nitrogens with zero attached hydrogens (tertiary/aromatic N) is 1. The van der Waals surface area contributed by atoms with Gasteiger partial charge in [0.15, 0.2) is 0 Å². The van der Waals surface area contributed by atoms with Gasteiger partial charge in [0, 0.05) is 17.9 Å². The van der Waals surface area contributed by atoms with E-state index in [-0.39, 0.29) is 11.6 Å². The molecule has 0 radical (unpaired) electrons. The van der Waals surface area contributed by atoms with Gasteiger partial charge in [-0.3, -0.25) is 4.79 Å². The zero-order valence-corrected chi connectivity index (χ0v) is 14.5. The first-order valence-corrected chi connectivity index (χ1v) is 8.40. The SMILES string of the molecule is C[C@H](NC(=O)Nc1cccc(C(F)(F)F)c1)C(=O)N1CCc2ccccc21. The lowest BCUT2D eigenvalue weighted by molar-refractivity contribution is -0.137. The van der Waals surface area contributed by atoms with Gasteiger partial charge in [0.25, 0.3) is 0 Å². The summed E-state index contributed by atoms with van der Waals surface area (Å²) in [6.45, 7) is 2.06. The first-order chi connectivity index (χ1) is 12.8. The fourth-order valence-corrected chi connectivity index (χ4v) is 3.00. The molecule has 0 saturated carbocycles. The number of hydrogen-bond acceptors (Lipinski definition) is 2. The lowest BCUT2D eigenvalue weighted by atomic mass is 10.2. The topological polar surface area (TPSA) is 61.4 Å². The van der Waals surface area contributed by atoms with Crippen LogP contribution in [0.4, 0.5) is 29.3 Å². The molecule has 0 bridgehead atoms. The summed E-state index contributed by atoms with van der Waals surface area (Å²) in [5.74, 6) is -0.279. The van der Waals surface area contributed by atoms with Crippen molar-refractivity contribution in [2.45, 2.75) is 25.6 Å². The second-order valence-corrected chi connectivity index (χ2v) is 6.27. The zero-order valence-electron chi connectivity index (χ0n) is 14.5. The van der Waals surface area contributed by atoms with Gasteiger partial charge >= 0.3 is 12.2 Å². The van der Waals surface area contributed by atoms with Gasteiger partial charge in [0.2, 0.25) is 5.91 Å². The Labute approximate surface area is 154 Å². The second kappa shape index (κ2) is 7.30. The second-order valence-electron chi connectivity index (χ2n) is 6.27. The van der Waals surface area contributed by atoms with Crippen LogP contribution in [0.25, 0.3) is 0 Å². The number of halogens is 3. The van der Waals surface area contributed by atoms with Crippen LogP contribution in [-0.4, -0.2) is 24.5 Å². The number of urea groups is 1. The van der Waals surface area contributed by atoms with Crippen molar-refractivity contribution >= 4 is 23.3 Å². The number of benzene rings is 2. The minimum absolute atomic E-state index is 0.00603. The maximum absolute atomic E-state index is 12.7. The van der Waals surface area contributed by atoms with E-state index in [4.69, 9.17) is 0 Å². The fraction of sp³-hybridized carbons (Fsp3) is 0.263. The van der Waals surface area contributed by atoms with Gasteiger partial charge in [0.05, 0.1) is 5.56 Å². The number of anilines is 2. The molecule has 2 aromatic carbocycles. The molecule has 2 aromatic rings. The molecule has 0 aliphatic carbocycles. The van der Waals surface area contributed by atoms with E-state index in [2.05, 4.69) is 10.6 Å². The summed E-state index contributed by atoms with van der Waals surface area (Å²) in [5, 5.41) is 4.80. The Morgan fingerprint density at radius 1 is 1.11 bits per heavy atom. The number of amides is 3. The highest BCUT2D eigenvalue weighted by molar-refractivity contribution is 6.01. The van der Waals surface area contributed by atoms with Crippen molar-refractivity contribution in [1.82, 2.24) is 5.32 Å². The Morgan fingerprint density at radius 2 is 1.85 bits per heavy atom. The molecule has 3 rings (SSSR count). The van der Waals surface area contributed by atoms with Gasteiger partial charge in [-0.2, -0.15) is 13.2 Å². The van der Waals surface area contributed by atoms with Crippen LogP contribution in [0, 0.1) is 0 Å². The van der Waals surface area contributed by atoms with E-state index >= 15 is 0 Å². The van der Waals surface area contributed by atoms with E-state index in [1.54, 1.807) is 4.90 Å². The van der Waals surface area contributed by atoms with Crippen molar-refractivity contribution < 1.29 is 22.8 Å². The molecule has 0 spiro atoms. The minimum atomic E-state index is -4.50. The number of carbonyl (C=O) groups is 2. The van der Waals surface area contributed by atoms with Crippen LogP contribution in [0.2, 0.25) is 0 Å². The summed E-state index contributed by atoms with van der Waals surface area (Å²) in [6, 6.07) is 10.2. The Hall–Kier alpha value is -3.03. The van der Waals surface area contributed by atoms with Crippen LogP contribution >= 0.6 is 0 Å². The standard InChI is InChI=1S/C19H18F3N3O2/c1-12(17(26)25-10-9-13-5-2-3-8-16(13)25)23-18(27)24-15-7-4-6-14(11-15)19(20,21)22/h2-8,11-12H,9-10H2,1H3,(H2,23,24,27)/t12-/m0/s1. The van der Waals surface area contributed by atoms with Gasteiger partial charge in [-0.15, -0.1) is 0 Å². The molecule has 1 aliphatic heterocycles. The molecule has 8 heteroatoms. The van der Waals surface area contributed by atoms with E-state index in [1.807, 2.05) is 24.3 Å². The number of carbonyl (C=O) groups excluding carboxylic acids is 2. The zero-order chi connectivity index (χ0) is 19.6. The van der Waals surface area contributed by atoms with E-state index < -0.39 is 23.8 Å². The molecule has 1 atom stereocenters. The summed E-state index contributed by atoms with van der Waals surface area (Å²) in [7, 11) is 0. The van der Waals surface area contributed by atoms with Crippen LogP contribution in [0.5, 0.6) is 0 Å². The molecule has 0 aromatic heterocycles. The first-order valence-electron chi connectivity index (χ1n) is 8.40. The smallest absolute Gasteiger partial charge is 0.326 e. The monoisotopic (exact) mass is 377 g/mol. The Kier molecular flexibility index (Phi) is 5.07. The molecule has 1 aliphatic rings. The number of nitrogens with one attached hydrogen (secondary N) is 2. The molecular weight excluding hydrogens is 359 g/mol. The lowest BCUT2D eigenvalue weighted by Gasteiger charge is -2.22. The number of hydrogen-bond donors (Lipinski definition) is 2. The Bertz CT molecular complexity index is 867. The van der Waals surface area contributed by atoms with Crippen LogP contribution < -0.4 is 15.5 Å². The average Bonchev–Trinajstić information content (AvgIpc) is 3.04. The van der Waals surface area contributed by atoms with Gasteiger partial charge in [-0.25, -0.2) is 4.79 Å². The normalized spacial score (nSPS) is 14.4. The van der Waals surface area contributed by atoms with Crippen LogP contribution in [-0.2, 0) is 17.4 Å². The molecule has 5 nitrogen and oxygen atoms in total. The van der Waals surface area contributed by atoms with E-state index in [0.717, 1.165) is 29.8 Å². The molecule has 0 fully saturated rings.